The molecule has 0 bridgehead atoms. The molecular weight excluding hydrogens is 448 g/mol. The molecule has 1 aliphatic rings. The molecule has 3 aromatic rings. The van der Waals surface area contributed by atoms with Gasteiger partial charge in [0.1, 0.15) is 0 Å². The van der Waals surface area contributed by atoms with Gasteiger partial charge in [0.25, 0.3) is 11.8 Å². The zero-order chi connectivity index (χ0) is 24.8. The molecule has 4 rings (SSSR count). The summed E-state index contributed by atoms with van der Waals surface area (Å²) in [5.74, 6) is -3.00. The summed E-state index contributed by atoms with van der Waals surface area (Å²) in [6.07, 6.45) is 1.88. The second-order valence-electron chi connectivity index (χ2n) is 8.02. The molecule has 3 aromatic carbocycles. The lowest BCUT2D eigenvalue weighted by Crippen LogP contribution is -2.28. The van der Waals surface area contributed by atoms with Crippen molar-refractivity contribution in [1.29, 1.82) is 0 Å². The summed E-state index contributed by atoms with van der Waals surface area (Å²) in [5.41, 5.74) is 1.17. The quantitative estimate of drug-likeness (QED) is 0.281. The number of hydrogen-bond acceptors (Lipinski definition) is 6. The molecular formula is C27H22N2O6. The van der Waals surface area contributed by atoms with Crippen LogP contribution in [0.2, 0.25) is 0 Å². The fraction of sp³-hybridized carbons (Fsp3) is 0.148. The first-order chi connectivity index (χ1) is 16.9. The van der Waals surface area contributed by atoms with Gasteiger partial charge >= 0.3 is 5.97 Å². The minimum absolute atomic E-state index is 0.116. The lowest BCUT2D eigenvalue weighted by molar-refractivity contribution is -0.119. The van der Waals surface area contributed by atoms with Crippen molar-refractivity contribution in [3.8, 4) is 0 Å². The van der Waals surface area contributed by atoms with E-state index in [2.05, 4.69) is 10.6 Å². The first-order valence-electron chi connectivity index (χ1n) is 11.0. The van der Waals surface area contributed by atoms with E-state index < -0.39 is 30.0 Å². The van der Waals surface area contributed by atoms with E-state index in [1.54, 1.807) is 54.6 Å². The maximum Gasteiger partial charge on any atom is 0.338 e. The van der Waals surface area contributed by atoms with Gasteiger partial charge in [-0.15, -0.1) is 0 Å². The molecule has 8 nitrogen and oxygen atoms in total. The first kappa shape index (κ1) is 23.6. The van der Waals surface area contributed by atoms with Crippen LogP contribution >= 0.6 is 0 Å². The molecule has 1 aliphatic carbocycles. The SMILES string of the molecule is O=C(COC(=O)c1ccc(C(=O)C(=O)c2ccccc2)cc1)Nc1ccccc1C(=O)NC1CC1. The number of esters is 1. The number of carbonyl (C=O) groups excluding carboxylic acids is 5. The van der Waals surface area contributed by atoms with Crippen LogP contribution in [0.4, 0.5) is 5.69 Å². The van der Waals surface area contributed by atoms with Crippen molar-refractivity contribution >= 4 is 35.0 Å². The largest absolute Gasteiger partial charge is 0.452 e. The van der Waals surface area contributed by atoms with Crippen molar-refractivity contribution < 1.29 is 28.7 Å². The molecule has 0 unspecified atom stereocenters. The second kappa shape index (κ2) is 10.6. The maximum absolute atomic E-state index is 12.4. The lowest BCUT2D eigenvalue weighted by atomic mass is 10.0. The minimum Gasteiger partial charge on any atom is -0.452 e. The fourth-order valence-corrected chi connectivity index (χ4v) is 3.29. The minimum atomic E-state index is -0.770. The molecule has 0 heterocycles. The Morgan fingerprint density at radius 3 is 1.94 bits per heavy atom. The van der Waals surface area contributed by atoms with Crippen molar-refractivity contribution in [1.82, 2.24) is 5.32 Å². The Hall–Kier alpha value is -4.59. The Morgan fingerprint density at radius 1 is 0.714 bits per heavy atom. The average Bonchev–Trinajstić information content (AvgIpc) is 3.71. The number of hydrogen-bond donors (Lipinski definition) is 2. The third kappa shape index (κ3) is 6.05. The molecule has 0 atom stereocenters. The van der Waals surface area contributed by atoms with Gasteiger partial charge in [-0.05, 0) is 37.1 Å². The van der Waals surface area contributed by atoms with Gasteiger partial charge in [-0.3, -0.25) is 19.2 Å². The second-order valence-corrected chi connectivity index (χ2v) is 8.02. The molecule has 0 aromatic heterocycles. The van der Waals surface area contributed by atoms with E-state index >= 15 is 0 Å². The van der Waals surface area contributed by atoms with Gasteiger partial charge in [0.05, 0.1) is 16.8 Å². The summed E-state index contributed by atoms with van der Waals surface area (Å²) in [5, 5.41) is 5.45. The lowest BCUT2D eigenvalue weighted by Gasteiger charge is -2.11. The van der Waals surface area contributed by atoms with Crippen LogP contribution in [-0.2, 0) is 9.53 Å². The predicted octanol–water partition coefficient (Wildman–Crippen LogP) is 3.44. The monoisotopic (exact) mass is 470 g/mol. The fourth-order valence-electron chi connectivity index (χ4n) is 3.29. The van der Waals surface area contributed by atoms with Crippen molar-refractivity contribution in [2.24, 2.45) is 0 Å². The Bertz CT molecular complexity index is 1280. The van der Waals surface area contributed by atoms with E-state index in [0.29, 0.717) is 11.3 Å². The number of para-hydroxylation sites is 1. The van der Waals surface area contributed by atoms with E-state index in [1.165, 1.54) is 24.3 Å². The van der Waals surface area contributed by atoms with Crippen LogP contribution < -0.4 is 10.6 Å². The molecule has 0 radical (unpaired) electrons. The van der Waals surface area contributed by atoms with Gasteiger partial charge in [0, 0.05) is 17.2 Å². The smallest absolute Gasteiger partial charge is 0.338 e. The van der Waals surface area contributed by atoms with Crippen LogP contribution in [0.25, 0.3) is 0 Å². The molecule has 0 spiro atoms. The molecule has 1 saturated carbocycles. The molecule has 8 heteroatoms. The van der Waals surface area contributed by atoms with Gasteiger partial charge in [0.2, 0.25) is 11.6 Å². The number of benzene rings is 3. The van der Waals surface area contributed by atoms with Crippen LogP contribution in [-0.4, -0.2) is 42.0 Å². The predicted molar refractivity (Wildman–Crippen MR) is 127 cm³/mol. The van der Waals surface area contributed by atoms with E-state index in [1.807, 2.05) is 0 Å². The highest BCUT2D eigenvalue weighted by atomic mass is 16.5. The number of ether oxygens (including phenoxy) is 1. The number of rotatable bonds is 9. The van der Waals surface area contributed by atoms with Crippen LogP contribution in [0.3, 0.4) is 0 Å². The van der Waals surface area contributed by atoms with Gasteiger partial charge in [-0.2, -0.15) is 0 Å². The maximum atomic E-state index is 12.4. The topological polar surface area (TPSA) is 119 Å². The Kier molecular flexibility index (Phi) is 7.11. The zero-order valence-corrected chi connectivity index (χ0v) is 18.7. The van der Waals surface area contributed by atoms with Crippen molar-refractivity contribution in [2.75, 3.05) is 11.9 Å². The Labute approximate surface area is 201 Å². The van der Waals surface area contributed by atoms with Crippen molar-refractivity contribution in [3.63, 3.8) is 0 Å². The summed E-state index contributed by atoms with van der Waals surface area (Å²) in [7, 11) is 0. The summed E-state index contributed by atoms with van der Waals surface area (Å²) >= 11 is 0. The van der Waals surface area contributed by atoms with Gasteiger partial charge in [-0.1, -0.05) is 54.6 Å². The Morgan fingerprint density at radius 2 is 1.29 bits per heavy atom. The average molecular weight is 470 g/mol. The molecule has 35 heavy (non-hydrogen) atoms. The van der Waals surface area contributed by atoms with E-state index in [-0.39, 0.29) is 28.6 Å². The standard InChI is InChI=1S/C27H22N2O6/c30-23(29-22-9-5-4-8-21(22)26(33)28-20-14-15-20)16-35-27(34)19-12-10-18(11-13-19)25(32)24(31)17-6-2-1-3-7-17/h1-13,20H,14-16H2,(H,28,33)(H,29,30). The summed E-state index contributed by atoms with van der Waals surface area (Å²) in [4.78, 5) is 61.7. The van der Waals surface area contributed by atoms with E-state index in [4.69, 9.17) is 4.74 Å². The van der Waals surface area contributed by atoms with Crippen LogP contribution in [0.1, 0.15) is 54.3 Å². The van der Waals surface area contributed by atoms with Gasteiger partial charge in [-0.25, -0.2) is 4.79 Å². The molecule has 0 saturated heterocycles. The van der Waals surface area contributed by atoms with E-state index in [0.717, 1.165) is 12.8 Å². The third-order valence-corrected chi connectivity index (χ3v) is 5.32. The first-order valence-corrected chi connectivity index (χ1v) is 11.0. The van der Waals surface area contributed by atoms with Crippen LogP contribution in [0, 0.1) is 0 Å². The molecule has 1 fully saturated rings. The third-order valence-electron chi connectivity index (χ3n) is 5.32. The van der Waals surface area contributed by atoms with Crippen molar-refractivity contribution in [3.05, 3.63) is 101 Å². The molecule has 176 valence electrons. The Balaban J connectivity index is 1.32. The molecule has 2 N–H and O–H groups in total. The number of Topliss-reactive ketones (excluding diaryl/α,β-unsaturated/α-hetero) is 2. The van der Waals surface area contributed by atoms with Crippen LogP contribution in [0.15, 0.2) is 78.9 Å². The zero-order valence-electron chi connectivity index (χ0n) is 18.7. The van der Waals surface area contributed by atoms with E-state index in [9.17, 15) is 24.0 Å². The number of carbonyl (C=O) groups is 5. The highest BCUT2D eigenvalue weighted by Gasteiger charge is 2.25. The highest BCUT2D eigenvalue weighted by Crippen LogP contribution is 2.21. The van der Waals surface area contributed by atoms with Gasteiger partial charge < -0.3 is 15.4 Å². The number of anilines is 1. The number of nitrogens with one attached hydrogen (secondary N) is 2. The molecule has 2 amide bonds. The van der Waals surface area contributed by atoms with Crippen LogP contribution in [0.5, 0.6) is 0 Å². The number of amides is 2. The number of ketones is 2. The highest BCUT2D eigenvalue weighted by molar-refractivity contribution is 6.49. The van der Waals surface area contributed by atoms with Crippen molar-refractivity contribution in [2.45, 2.75) is 18.9 Å². The summed E-state index contributed by atoms with van der Waals surface area (Å²) < 4.78 is 5.05. The molecule has 0 aliphatic heterocycles. The summed E-state index contributed by atoms with van der Waals surface area (Å²) in [6.45, 7) is -0.565. The van der Waals surface area contributed by atoms with Gasteiger partial charge in [0.15, 0.2) is 6.61 Å². The summed E-state index contributed by atoms with van der Waals surface area (Å²) in [6, 6.07) is 20.3. The normalized spacial score (nSPS) is 12.3.